The fourth-order valence-corrected chi connectivity index (χ4v) is 3.82. The van der Waals surface area contributed by atoms with Gasteiger partial charge in [0.05, 0.1) is 25.9 Å². The number of aryl methyl sites for hydroxylation is 1. The number of nitrogens with one attached hydrogen (secondary N) is 1. The van der Waals surface area contributed by atoms with Crippen LogP contribution in [0.4, 0.5) is 0 Å². The van der Waals surface area contributed by atoms with Gasteiger partial charge in [0.25, 0.3) is 5.91 Å². The second-order valence-electron chi connectivity index (χ2n) is 7.82. The Balaban J connectivity index is 1.43. The second kappa shape index (κ2) is 10.4. The molecule has 1 saturated heterocycles. The molecule has 7 heteroatoms. The Morgan fingerprint density at radius 1 is 1.12 bits per heavy atom. The minimum atomic E-state index is -0.253. The van der Waals surface area contributed by atoms with Crippen LogP contribution in [0.2, 0.25) is 0 Å². The lowest BCUT2D eigenvalue weighted by molar-refractivity contribution is 0.0162. The zero-order valence-electron chi connectivity index (χ0n) is 18.5. The zero-order valence-corrected chi connectivity index (χ0v) is 18.5. The summed E-state index contributed by atoms with van der Waals surface area (Å²) in [6.07, 6.45) is 0. The number of hydrogen-bond donors (Lipinski definition) is 1. The molecule has 0 bridgehead atoms. The topological polar surface area (TPSA) is 76.8 Å². The Kier molecular flexibility index (Phi) is 7.19. The number of carbonyl (C=O) groups excluding carboxylic acids is 1. The highest BCUT2D eigenvalue weighted by Gasteiger charge is 2.24. The van der Waals surface area contributed by atoms with E-state index in [-0.39, 0.29) is 17.6 Å². The van der Waals surface area contributed by atoms with Gasteiger partial charge >= 0.3 is 0 Å². The largest absolute Gasteiger partial charge is 0.494 e. The van der Waals surface area contributed by atoms with Crippen molar-refractivity contribution in [2.75, 3.05) is 39.5 Å². The van der Waals surface area contributed by atoms with Crippen LogP contribution in [0.3, 0.4) is 0 Å². The van der Waals surface area contributed by atoms with Crippen molar-refractivity contribution in [1.82, 2.24) is 15.4 Å². The average molecular weight is 436 g/mol. The fourth-order valence-electron chi connectivity index (χ4n) is 3.82. The van der Waals surface area contributed by atoms with Crippen LogP contribution in [-0.4, -0.2) is 55.4 Å². The molecule has 1 fully saturated rings. The van der Waals surface area contributed by atoms with Gasteiger partial charge in [-0.2, -0.15) is 0 Å². The van der Waals surface area contributed by atoms with E-state index >= 15 is 0 Å². The van der Waals surface area contributed by atoms with Crippen LogP contribution in [-0.2, 0) is 4.74 Å². The molecule has 1 aliphatic rings. The van der Waals surface area contributed by atoms with Crippen molar-refractivity contribution >= 4 is 5.91 Å². The molecule has 3 aromatic rings. The predicted octanol–water partition coefficient (Wildman–Crippen LogP) is 3.85. The van der Waals surface area contributed by atoms with Gasteiger partial charge in [-0.15, -0.1) is 0 Å². The summed E-state index contributed by atoms with van der Waals surface area (Å²) in [7, 11) is 0. The molecule has 7 nitrogen and oxygen atoms in total. The first kappa shape index (κ1) is 22.0. The van der Waals surface area contributed by atoms with Crippen LogP contribution in [0.25, 0.3) is 11.3 Å². The van der Waals surface area contributed by atoms with Crippen molar-refractivity contribution in [2.24, 2.45) is 0 Å². The van der Waals surface area contributed by atoms with Crippen molar-refractivity contribution < 1.29 is 18.8 Å². The van der Waals surface area contributed by atoms with Crippen LogP contribution in [0, 0.1) is 6.92 Å². The highest BCUT2D eigenvalue weighted by molar-refractivity contribution is 5.93. The molecule has 2 heterocycles. The lowest BCUT2D eigenvalue weighted by atomic mass is 10.0. The maximum Gasteiger partial charge on any atom is 0.273 e. The van der Waals surface area contributed by atoms with Crippen molar-refractivity contribution in [1.29, 1.82) is 0 Å². The number of hydrogen-bond acceptors (Lipinski definition) is 6. The molecule has 0 spiro atoms. The highest BCUT2D eigenvalue weighted by Crippen LogP contribution is 2.24. The van der Waals surface area contributed by atoms with E-state index in [0.29, 0.717) is 32.1 Å². The van der Waals surface area contributed by atoms with E-state index in [2.05, 4.69) is 46.6 Å². The number of morpholine rings is 1. The molecule has 1 aliphatic heterocycles. The number of rotatable bonds is 8. The van der Waals surface area contributed by atoms with Crippen LogP contribution < -0.4 is 10.1 Å². The minimum absolute atomic E-state index is 0.0703. The van der Waals surface area contributed by atoms with Crippen molar-refractivity contribution in [3.63, 3.8) is 0 Å². The summed E-state index contributed by atoms with van der Waals surface area (Å²) >= 11 is 0. The Hall–Kier alpha value is -3.16. The summed E-state index contributed by atoms with van der Waals surface area (Å²) in [5.41, 5.74) is 3.49. The fraction of sp³-hybridized carbons (Fsp3) is 0.360. The lowest BCUT2D eigenvalue weighted by Crippen LogP contribution is -2.43. The van der Waals surface area contributed by atoms with Gasteiger partial charge in [0.1, 0.15) is 5.75 Å². The minimum Gasteiger partial charge on any atom is -0.494 e. The Bertz CT molecular complexity index is 1010. The molecule has 1 N–H and O–H groups in total. The van der Waals surface area contributed by atoms with Crippen molar-refractivity contribution in [2.45, 2.75) is 19.9 Å². The van der Waals surface area contributed by atoms with Gasteiger partial charge in [0.2, 0.25) is 0 Å². The highest BCUT2D eigenvalue weighted by atomic mass is 16.5. The van der Waals surface area contributed by atoms with Gasteiger partial charge in [-0.1, -0.05) is 35.0 Å². The SMILES string of the molecule is CCOc1ccc(-c2cc(C(=O)NC[C@@H](c3ccc(C)cc3)N3CCOCC3)no2)cc1. The molecule has 0 saturated carbocycles. The van der Waals surface area contributed by atoms with E-state index in [0.717, 1.165) is 24.4 Å². The first-order valence-corrected chi connectivity index (χ1v) is 11.0. The molecule has 0 unspecified atom stereocenters. The maximum atomic E-state index is 12.8. The third kappa shape index (κ3) is 5.36. The van der Waals surface area contributed by atoms with E-state index in [4.69, 9.17) is 14.0 Å². The average Bonchev–Trinajstić information content (AvgIpc) is 3.32. The first-order valence-electron chi connectivity index (χ1n) is 11.0. The quantitative estimate of drug-likeness (QED) is 0.579. The third-order valence-electron chi connectivity index (χ3n) is 5.60. The Morgan fingerprint density at radius 2 is 1.84 bits per heavy atom. The van der Waals surface area contributed by atoms with Gasteiger partial charge < -0.3 is 19.3 Å². The summed E-state index contributed by atoms with van der Waals surface area (Å²) in [5, 5.41) is 7.01. The van der Waals surface area contributed by atoms with Gasteiger partial charge in [0, 0.05) is 31.3 Å². The second-order valence-corrected chi connectivity index (χ2v) is 7.82. The number of ether oxygens (including phenoxy) is 2. The first-order chi connectivity index (χ1) is 15.6. The molecule has 1 amide bonds. The molecule has 1 atom stereocenters. The van der Waals surface area contributed by atoms with Gasteiger partial charge in [-0.3, -0.25) is 9.69 Å². The van der Waals surface area contributed by atoms with E-state index in [1.54, 1.807) is 6.07 Å². The molecular weight excluding hydrogens is 406 g/mol. The normalized spacial score (nSPS) is 15.3. The van der Waals surface area contributed by atoms with E-state index in [9.17, 15) is 4.79 Å². The monoisotopic (exact) mass is 435 g/mol. The van der Waals surface area contributed by atoms with Crippen LogP contribution in [0.15, 0.2) is 59.1 Å². The summed E-state index contributed by atoms with van der Waals surface area (Å²) in [4.78, 5) is 15.2. The predicted molar refractivity (Wildman–Crippen MR) is 122 cm³/mol. The number of aromatic nitrogens is 1. The Morgan fingerprint density at radius 3 is 2.53 bits per heavy atom. The van der Waals surface area contributed by atoms with Gasteiger partial charge in [-0.25, -0.2) is 0 Å². The van der Waals surface area contributed by atoms with Gasteiger partial charge in [0.15, 0.2) is 11.5 Å². The zero-order chi connectivity index (χ0) is 22.3. The molecule has 0 aliphatic carbocycles. The third-order valence-corrected chi connectivity index (χ3v) is 5.60. The molecule has 168 valence electrons. The summed E-state index contributed by atoms with van der Waals surface area (Å²) < 4.78 is 16.4. The summed E-state index contributed by atoms with van der Waals surface area (Å²) in [6.45, 7) is 8.17. The van der Waals surface area contributed by atoms with Crippen molar-refractivity contribution in [3.8, 4) is 17.1 Å². The molecule has 32 heavy (non-hydrogen) atoms. The van der Waals surface area contributed by atoms with E-state index < -0.39 is 0 Å². The molecular formula is C25H29N3O4. The van der Waals surface area contributed by atoms with Crippen molar-refractivity contribution in [3.05, 3.63) is 71.4 Å². The van der Waals surface area contributed by atoms with Crippen LogP contribution in [0.1, 0.15) is 34.6 Å². The smallest absolute Gasteiger partial charge is 0.273 e. The number of amides is 1. The molecule has 2 aromatic carbocycles. The summed E-state index contributed by atoms with van der Waals surface area (Å²) in [6, 6.07) is 17.7. The molecule has 4 rings (SSSR count). The van der Waals surface area contributed by atoms with Crippen LogP contribution in [0.5, 0.6) is 5.75 Å². The standard InChI is InChI=1S/C25H29N3O4/c1-3-31-21-10-8-20(9-11-21)24-16-22(27-32-24)25(29)26-17-23(28-12-14-30-15-13-28)19-6-4-18(2)5-7-19/h4-11,16,23H,3,12-15,17H2,1-2H3,(H,26,29)/t23-/m0/s1. The van der Waals surface area contributed by atoms with E-state index in [1.807, 2.05) is 31.2 Å². The lowest BCUT2D eigenvalue weighted by Gasteiger charge is -2.35. The maximum absolute atomic E-state index is 12.8. The van der Waals surface area contributed by atoms with Gasteiger partial charge in [-0.05, 0) is 43.7 Å². The number of benzene rings is 2. The summed E-state index contributed by atoms with van der Waals surface area (Å²) in [5.74, 6) is 1.08. The van der Waals surface area contributed by atoms with E-state index in [1.165, 1.54) is 11.1 Å². The molecule has 0 radical (unpaired) electrons. The molecule has 1 aromatic heterocycles. The van der Waals surface area contributed by atoms with Crippen LogP contribution >= 0.6 is 0 Å². The number of carbonyl (C=O) groups is 1. The number of nitrogens with zero attached hydrogens (tertiary/aromatic N) is 2. The Labute approximate surface area is 188 Å².